The molecule has 0 aromatic rings. The van der Waals surface area contributed by atoms with Gasteiger partial charge in [-0.05, 0) is 61.7 Å². The van der Waals surface area contributed by atoms with Crippen molar-refractivity contribution in [3.05, 3.63) is 11.6 Å². The monoisotopic (exact) mass is 470 g/mol. The molecule has 0 aliphatic heterocycles. The molecule has 0 bridgehead atoms. The Hall–Kier alpha value is -0.750. The fourth-order valence-corrected chi connectivity index (χ4v) is 8.72. The molecular weight excluding hydrogens is 439 g/mol. The van der Waals surface area contributed by atoms with Crippen molar-refractivity contribution in [2.24, 2.45) is 28.6 Å². The quantitative estimate of drug-likeness (QED) is 0.374. The number of alkyl halides is 2. The number of hydrogen-bond donors (Lipinski definition) is 1. The fourth-order valence-electron chi connectivity index (χ4n) is 7.54. The molecule has 0 saturated heterocycles. The topological polar surface area (TPSA) is 63.6 Å². The molecule has 3 saturated carbocycles. The van der Waals surface area contributed by atoms with Crippen molar-refractivity contribution in [2.75, 3.05) is 6.67 Å². The molecule has 1 N–H and O–H groups in total. The van der Waals surface area contributed by atoms with Crippen LogP contribution in [0.3, 0.4) is 0 Å². The normalized spacial score (nSPS) is 48.8. The Balaban J connectivity index is 1.63. The minimum Gasteiger partial charge on any atom is -0.462 e. The number of carbonyl (C=O) groups excluding carboxylic acids is 2. The molecule has 0 radical (unpaired) electrons. The summed E-state index contributed by atoms with van der Waals surface area (Å²) in [6, 6.07) is 0. The smallest absolute Gasteiger partial charge is 0.302 e. The summed E-state index contributed by atoms with van der Waals surface area (Å²) in [5.74, 6) is 0.165. The molecule has 4 aliphatic carbocycles. The van der Waals surface area contributed by atoms with E-state index in [4.69, 9.17) is 4.74 Å². The fraction of sp³-hybridized carbons (Fsp3) is 0.826. The summed E-state index contributed by atoms with van der Waals surface area (Å²) in [5, 5.41) is 11.4. The summed E-state index contributed by atoms with van der Waals surface area (Å²) < 4.78 is 18.8. The summed E-state index contributed by atoms with van der Waals surface area (Å²) >= 11 is 3.56. The molecule has 0 spiro atoms. The Labute approximate surface area is 180 Å². The van der Waals surface area contributed by atoms with E-state index in [1.807, 2.05) is 6.92 Å². The van der Waals surface area contributed by atoms with Gasteiger partial charge in [0.2, 0.25) is 0 Å². The van der Waals surface area contributed by atoms with E-state index in [9.17, 15) is 19.1 Å². The van der Waals surface area contributed by atoms with Crippen LogP contribution in [0.15, 0.2) is 11.6 Å². The third kappa shape index (κ3) is 2.91. The molecule has 0 aromatic carbocycles. The van der Waals surface area contributed by atoms with E-state index in [1.54, 1.807) is 0 Å². The Morgan fingerprint density at radius 3 is 2.66 bits per heavy atom. The minimum atomic E-state index is -1.63. The average molecular weight is 471 g/mol. The SMILES string of the molecule is CC(=O)O[C@H]1CC[C@@]2(C)C(=CC[C@@H]3[C@@H]2CC[C@@]2(C)[C@H]3C[C@H](Br)[C@]2(O)C(=O)CF)C1. The Morgan fingerprint density at radius 1 is 1.28 bits per heavy atom. The molecular formula is C23H32BrFO4. The van der Waals surface area contributed by atoms with Crippen LogP contribution in [0.25, 0.3) is 0 Å². The number of aliphatic hydroxyl groups is 1. The lowest BCUT2D eigenvalue weighted by Gasteiger charge is -2.58. The largest absolute Gasteiger partial charge is 0.462 e. The second kappa shape index (κ2) is 7.15. The van der Waals surface area contributed by atoms with Crippen LogP contribution in [-0.2, 0) is 14.3 Å². The highest BCUT2D eigenvalue weighted by atomic mass is 79.9. The maximum absolute atomic E-state index is 13.4. The zero-order valence-corrected chi connectivity index (χ0v) is 19.1. The number of ketones is 1. The number of carbonyl (C=O) groups is 2. The van der Waals surface area contributed by atoms with E-state index in [1.165, 1.54) is 12.5 Å². The summed E-state index contributed by atoms with van der Waals surface area (Å²) in [6.07, 6.45) is 8.29. The van der Waals surface area contributed by atoms with Crippen LogP contribution in [-0.4, -0.2) is 40.1 Å². The summed E-state index contributed by atoms with van der Waals surface area (Å²) in [6.45, 7) is 4.70. The maximum Gasteiger partial charge on any atom is 0.302 e. The summed E-state index contributed by atoms with van der Waals surface area (Å²) in [4.78, 5) is 23.5. The third-order valence-corrected chi connectivity index (χ3v) is 10.1. The predicted molar refractivity (Wildman–Crippen MR) is 111 cm³/mol. The zero-order valence-electron chi connectivity index (χ0n) is 17.5. The lowest BCUT2D eigenvalue weighted by atomic mass is 9.46. The van der Waals surface area contributed by atoms with Gasteiger partial charge in [0.15, 0.2) is 12.5 Å². The first kappa shape index (κ1) is 21.5. The molecule has 0 aromatic heterocycles. The predicted octanol–water partition coefficient (Wildman–Crippen LogP) is 4.52. The minimum absolute atomic E-state index is 0.0251. The Kier molecular flexibility index (Phi) is 5.30. The van der Waals surface area contributed by atoms with Gasteiger partial charge >= 0.3 is 5.97 Å². The van der Waals surface area contributed by atoms with E-state index in [0.29, 0.717) is 18.3 Å². The average Bonchev–Trinajstić information content (AvgIpc) is 2.88. The van der Waals surface area contributed by atoms with Crippen molar-refractivity contribution in [2.45, 2.75) is 82.2 Å². The highest BCUT2D eigenvalue weighted by Crippen LogP contribution is 2.68. The standard InChI is InChI=1S/C23H32BrFO4/c1-13(26)29-15-6-8-21(2)14(10-15)4-5-16-17(21)7-9-22(3)18(16)11-19(24)23(22,28)20(27)12-25/h4,15-19,28H,5-12H2,1-3H3/t15-,16+,17-,18-,19-,21-,22-,23-/m0/s1. The number of fused-ring (bicyclic) bond motifs is 5. The van der Waals surface area contributed by atoms with Crippen LogP contribution in [0.1, 0.15) is 65.7 Å². The van der Waals surface area contributed by atoms with Gasteiger partial charge in [0.1, 0.15) is 11.7 Å². The number of hydrogen-bond acceptors (Lipinski definition) is 4. The van der Waals surface area contributed by atoms with Crippen LogP contribution >= 0.6 is 15.9 Å². The van der Waals surface area contributed by atoms with Gasteiger partial charge in [-0.25, -0.2) is 4.39 Å². The van der Waals surface area contributed by atoms with Gasteiger partial charge < -0.3 is 9.84 Å². The van der Waals surface area contributed by atoms with Gasteiger partial charge in [-0.1, -0.05) is 41.4 Å². The Bertz CT molecular complexity index is 753. The molecule has 162 valence electrons. The van der Waals surface area contributed by atoms with Crippen molar-refractivity contribution < 1.29 is 23.8 Å². The van der Waals surface area contributed by atoms with Crippen molar-refractivity contribution in [1.82, 2.24) is 0 Å². The lowest BCUT2D eigenvalue weighted by molar-refractivity contribution is -0.162. The van der Waals surface area contributed by atoms with E-state index >= 15 is 0 Å². The maximum atomic E-state index is 13.4. The van der Waals surface area contributed by atoms with Crippen LogP contribution < -0.4 is 0 Å². The van der Waals surface area contributed by atoms with Crippen LogP contribution in [0.5, 0.6) is 0 Å². The number of allylic oxidation sites excluding steroid dienone is 1. The molecule has 0 unspecified atom stereocenters. The molecule has 4 aliphatic rings. The van der Waals surface area contributed by atoms with Crippen molar-refractivity contribution in [1.29, 1.82) is 0 Å². The van der Waals surface area contributed by atoms with Gasteiger partial charge in [-0.15, -0.1) is 0 Å². The number of esters is 1. The van der Waals surface area contributed by atoms with Gasteiger partial charge in [0.05, 0.1) is 4.83 Å². The Morgan fingerprint density at radius 2 is 2.00 bits per heavy atom. The van der Waals surface area contributed by atoms with E-state index in [0.717, 1.165) is 38.5 Å². The van der Waals surface area contributed by atoms with Crippen LogP contribution in [0.4, 0.5) is 4.39 Å². The molecule has 4 nitrogen and oxygen atoms in total. The first-order valence-corrected chi connectivity index (χ1v) is 11.8. The number of halogens is 2. The number of Topliss-reactive ketones (excluding diaryl/α,β-unsaturated/α-hetero) is 1. The van der Waals surface area contributed by atoms with Gasteiger partial charge in [-0.2, -0.15) is 0 Å². The van der Waals surface area contributed by atoms with Crippen LogP contribution in [0, 0.1) is 28.6 Å². The number of ether oxygens (including phenoxy) is 1. The molecule has 0 heterocycles. The first-order valence-electron chi connectivity index (χ1n) is 10.9. The van der Waals surface area contributed by atoms with Crippen molar-refractivity contribution >= 4 is 27.7 Å². The van der Waals surface area contributed by atoms with E-state index in [-0.39, 0.29) is 23.4 Å². The van der Waals surface area contributed by atoms with Gasteiger partial charge in [0, 0.05) is 18.8 Å². The third-order valence-electron chi connectivity index (χ3n) is 9.11. The van der Waals surface area contributed by atoms with E-state index in [2.05, 4.69) is 28.9 Å². The van der Waals surface area contributed by atoms with Gasteiger partial charge in [-0.3, -0.25) is 9.59 Å². The molecule has 6 heteroatoms. The molecule has 8 atom stereocenters. The molecule has 29 heavy (non-hydrogen) atoms. The molecule has 4 rings (SSSR count). The van der Waals surface area contributed by atoms with E-state index < -0.39 is 28.3 Å². The van der Waals surface area contributed by atoms with Crippen LogP contribution in [0.2, 0.25) is 0 Å². The second-order valence-corrected chi connectivity index (χ2v) is 11.3. The highest BCUT2D eigenvalue weighted by molar-refractivity contribution is 9.09. The first-order chi connectivity index (χ1) is 13.6. The summed E-state index contributed by atoms with van der Waals surface area (Å²) in [7, 11) is 0. The zero-order chi connectivity index (χ0) is 21.2. The highest BCUT2D eigenvalue weighted by Gasteiger charge is 2.69. The summed E-state index contributed by atoms with van der Waals surface area (Å²) in [5.41, 5.74) is -0.742. The lowest BCUT2D eigenvalue weighted by Crippen LogP contribution is -2.59. The number of rotatable bonds is 3. The van der Waals surface area contributed by atoms with Crippen molar-refractivity contribution in [3.63, 3.8) is 0 Å². The molecule has 3 fully saturated rings. The second-order valence-electron chi connectivity index (χ2n) is 10.2. The van der Waals surface area contributed by atoms with Gasteiger partial charge in [0.25, 0.3) is 0 Å². The molecule has 0 amide bonds. The van der Waals surface area contributed by atoms with Crippen molar-refractivity contribution in [3.8, 4) is 0 Å².